The van der Waals surface area contributed by atoms with Crippen molar-refractivity contribution in [1.29, 1.82) is 0 Å². The van der Waals surface area contributed by atoms with Gasteiger partial charge in [-0.05, 0) is 31.0 Å². The lowest BCUT2D eigenvalue weighted by Crippen LogP contribution is -2.40. The molecular weight excluding hydrogens is 302 g/mol. The lowest BCUT2D eigenvalue weighted by atomic mass is 10.1. The molecule has 1 rings (SSSR count). The summed E-state index contributed by atoms with van der Waals surface area (Å²) in [4.78, 5) is 14.2. The van der Waals surface area contributed by atoms with E-state index in [1.54, 1.807) is 18.2 Å². The first-order chi connectivity index (χ1) is 10.1. The predicted octanol–water partition coefficient (Wildman–Crippen LogP) is 2.81. The van der Waals surface area contributed by atoms with Gasteiger partial charge < -0.3 is 9.08 Å². The third kappa shape index (κ3) is 5.67. The standard InChI is InChI=1S/C16H25NO4S/c1-6-13(4)17(16(18)12(2)3)11-14-8-7-9-15(10-14)21-22(5,19)20/h7-10,12-13H,6,11H2,1-5H3. The first-order valence-corrected chi connectivity index (χ1v) is 9.24. The van der Waals surface area contributed by atoms with Crippen molar-refractivity contribution >= 4 is 16.0 Å². The molecule has 1 unspecified atom stereocenters. The molecule has 0 aliphatic rings. The molecule has 0 N–H and O–H groups in total. The van der Waals surface area contributed by atoms with Crippen molar-refractivity contribution in [3.8, 4) is 5.75 Å². The smallest absolute Gasteiger partial charge is 0.306 e. The van der Waals surface area contributed by atoms with Crippen LogP contribution in [0.1, 0.15) is 39.7 Å². The van der Waals surface area contributed by atoms with Crippen LogP contribution >= 0.6 is 0 Å². The molecule has 1 aromatic rings. The van der Waals surface area contributed by atoms with Crippen molar-refractivity contribution in [2.45, 2.75) is 46.7 Å². The van der Waals surface area contributed by atoms with Gasteiger partial charge in [0.1, 0.15) is 5.75 Å². The van der Waals surface area contributed by atoms with Gasteiger partial charge in [0.25, 0.3) is 0 Å². The topological polar surface area (TPSA) is 63.7 Å². The SMILES string of the molecule is CCC(C)N(Cc1cccc(OS(C)(=O)=O)c1)C(=O)C(C)C. The number of hydrogen-bond acceptors (Lipinski definition) is 4. The number of carbonyl (C=O) groups excluding carboxylic acids is 1. The summed E-state index contributed by atoms with van der Waals surface area (Å²) in [7, 11) is -3.55. The Morgan fingerprint density at radius 3 is 2.41 bits per heavy atom. The van der Waals surface area contributed by atoms with Gasteiger partial charge in [-0.15, -0.1) is 0 Å². The number of rotatable bonds is 7. The van der Waals surface area contributed by atoms with Crippen molar-refractivity contribution in [2.24, 2.45) is 5.92 Å². The van der Waals surface area contributed by atoms with E-state index in [2.05, 4.69) is 0 Å². The molecule has 0 aliphatic heterocycles. The van der Waals surface area contributed by atoms with Crippen LogP contribution in [0.5, 0.6) is 5.75 Å². The average molecular weight is 327 g/mol. The normalized spacial score (nSPS) is 13.0. The minimum absolute atomic E-state index is 0.0792. The minimum Gasteiger partial charge on any atom is -0.383 e. The largest absolute Gasteiger partial charge is 0.383 e. The molecular formula is C16H25NO4S. The second-order valence-electron chi connectivity index (χ2n) is 5.81. The fourth-order valence-corrected chi connectivity index (χ4v) is 2.52. The number of amides is 1. The van der Waals surface area contributed by atoms with Crippen LogP contribution in [0.25, 0.3) is 0 Å². The van der Waals surface area contributed by atoms with Gasteiger partial charge >= 0.3 is 10.1 Å². The van der Waals surface area contributed by atoms with E-state index in [4.69, 9.17) is 4.18 Å². The maximum absolute atomic E-state index is 12.4. The van der Waals surface area contributed by atoms with E-state index in [-0.39, 0.29) is 23.6 Å². The van der Waals surface area contributed by atoms with Gasteiger partial charge in [-0.25, -0.2) is 0 Å². The Morgan fingerprint density at radius 1 is 1.27 bits per heavy atom. The van der Waals surface area contributed by atoms with Crippen LogP contribution in [0.4, 0.5) is 0 Å². The third-order valence-electron chi connectivity index (χ3n) is 3.40. The Hall–Kier alpha value is -1.56. The number of hydrogen-bond donors (Lipinski definition) is 0. The highest BCUT2D eigenvalue weighted by molar-refractivity contribution is 7.86. The zero-order valence-corrected chi connectivity index (χ0v) is 14.7. The number of carbonyl (C=O) groups is 1. The molecule has 5 nitrogen and oxygen atoms in total. The molecule has 124 valence electrons. The van der Waals surface area contributed by atoms with Crippen LogP contribution in [0.15, 0.2) is 24.3 Å². The van der Waals surface area contributed by atoms with Crippen molar-refractivity contribution in [2.75, 3.05) is 6.26 Å². The van der Waals surface area contributed by atoms with Crippen LogP contribution in [-0.4, -0.2) is 31.5 Å². The van der Waals surface area contributed by atoms with E-state index >= 15 is 0 Å². The van der Waals surface area contributed by atoms with Gasteiger partial charge in [0.2, 0.25) is 5.91 Å². The van der Waals surface area contributed by atoms with E-state index < -0.39 is 10.1 Å². The zero-order valence-electron chi connectivity index (χ0n) is 13.9. The Kier molecular flexibility index (Phi) is 6.41. The first-order valence-electron chi connectivity index (χ1n) is 7.43. The molecule has 0 saturated carbocycles. The Labute approximate surface area is 133 Å². The van der Waals surface area contributed by atoms with Crippen molar-refractivity contribution in [1.82, 2.24) is 4.90 Å². The molecule has 1 atom stereocenters. The molecule has 0 aliphatic carbocycles. The van der Waals surface area contributed by atoms with E-state index in [9.17, 15) is 13.2 Å². The van der Waals surface area contributed by atoms with E-state index in [0.29, 0.717) is 6.54 Å². The maximum atomic E-state index is 12.4. The molecule has 0 spiro atoms. The average Bonchev–Trinajstić information content (AvgIpc) is 2.41. The molecule has 0 bridgehead atoms. The summed E-state index contributed by atoms with van der Waals surface area (Å²) in [5, 5.41) is 0. The summed E-state index contributed by atoms with van der Waals surface area (Å²) in [5.74, 6) is 0.273. The second-order valence-corrected chi connectivity index (χ2v) is 7.39. The highest BCUT2D eigenvalue weighted by Crippen LogP contribution is 2.19. The summed E-state index contributed by atoms with van der Waals surface area (Å²) in [6.07, 6.45) is 1.87. The van der Waals surface area contributed by atoms with Gasteiger partial charge in [0, 0.05) is 18.5 Å². The fraction of sp³-hybridized carbons (Fsp3) is 0.562. The van der Waals surface area contributed by atoms with Crippen LogP contribution < -0.4 is 4.18 Å². The molecule has 6 heteroatoms. The lowest BCUT2D eigenvalue weighted by Gasteiger charge is -2.30. The quantitative estimate of drug-likeness (QED) is 0.722. The van der Waals surface area contributed by atoms with Crippen LogP contribution in [0.2, 0.25) is 0 Å². The second kappa shape index (κ2) is 7.63. The maximum Gasteiger partial charge on any atom is 0.306 e. The summed E-state index contributed by atoms with van der Waals surface area (Å²) in [6.45, 7) is 8.24. The molecule has 0 radical (unpaired) electrons. The Balaban J connectivity index is 2.98. The highest BCUT2D eigenvalue weighted by atomic mass is 32.2. The monoisotopic (exact) mass is 327 g/mol. The molecule has 22 heavy (non-hydrogen) atoms. The molecule has 0 aromatic heterocycles. The Morgan fingerprint density at radius 2 is 1.91 bits per heavy atom. The molecule has 1 amide bonds. The van der Waals surface area contributed by atoms with Gasteiger partial charge in [-0.3, -0.25) is 4.79 Å². The van der Waals surface area contributed by atoms with Crippen LogP contribution in [-0.2, 0) is 21.5 Å². The van der Waals surface area contributed by atoms with Crippen molar-refractivity contribution < 1.29 is 17.4 Å². The van der Waals surface area contributed by atoms with E-state index in [1.807, 2.05) is 38.7 Å². The summed E-state index contributed by atoms with van der Waals surface area (Å²) in [6, 6.07) is 6.95. The van der Waals surface area contributed by atoms with Crippen molar-refractivity contribution in [3.63, 3.8) is 0 Å². The summed E-state index contributed by atoms with van der Waals surface area (Å²) < 4.78 is 27.3. The Bertz CT molecular complexity index is 610. The van der Waals surface area contributed by atoms with Crippen molar-refractivity contribution in [3.05, 3.63) is 29.8 Å². The van der Waals surface area contributed by atoms with E-state index in [0.717, 1.165) is 18.2 Å². The molecule has 0 heterocycles. The fourth-order valence-electron chi connectivity index (χ4n) is 2.07. The zero-order chi connectivity index (χ0) is 16.9. The molecule has 0 fully saturated rings. The third-order valence-corrected chi connectivity index (χ3v) is 3.89. The van der Waals surface area contributed by atoms with Gasteiger partial charge in [0.05, 0.1) is 6.26 Å². The van der Waals surface area contributed by atoms with E-state index in [1.165, 1.54) is 0 Å². The van der Waals surface area contributed by atoms with Gasteiger partial charge in [0.15, 0.2) is 0 Å². The van der Waals surface area contributed by atoms with Crippen LogP contribution in [0, 0.1) is 5.92 Å². The molecule has 1 aromatic carbocycles. The molecule has 0 saturated heterocycles. The van der Waals surface area contributed by atoms with Crippen LogP contribution in [0.3, 0.4) is 0 Å². The summed E-state index contributed by atoms with van der Waals surface area (Å²) >= 11 is 0. The predicted molar refractivity (Wildman–Crippen MR) is 87.1 cm³/mol. The number of nitrogens with zero attached hydrogens (tertiary/aromatic N) is 1. The first kappa shape index (κ1) is 18.5. The highest BCUT2D eigenvalue weighted by Gasteiger charge is 2.21. The lowest BCUT2D eigenvalue weighted by molar-refractivity contribution is -0.137. The van der Waals surface area contributed by atoms with Gasteiger partial charge in [-0.1, -0.05) is 32.9 Å². The van der Waals surface area contributed by atoms with Gasteiger partial charge in [-0.2, -0.15) is 8.42 Å². The minimum atomic E-state index is -3.55. The number of benzene rings is 1. The summed E-state index contributed by atoms with van der Waals surface area (Å²) in [5.41, 5.74) is 0.843.